The normalized spacial score (nSPS) is 55.2. The molecule has 20 bridgehead atoms. The van der Waals surface area contributed by atoms with Crippen LogP contribution in [0.5, 0.6) is 0 Å². The van der Waals surface area contributed by atoms with E-state index in [4.69, 9.17) is 114 Å². The highest BCUT2D eigenvalue weighted by Crippen LogP contribution is 2.43. The first-order valence-electron chi connectivity index (χ1n) is 42.2. The molecule has 60 nitrogen and oxygen atoms in total. The molecule has 40 saturated heterocycles. The van der Waals surface area contributed by atoms with Crippen molar-refractivity contribution in [1.29, 1.82) is 0 Å². The molecule has 0 aromatic rings. The van der Waals surface area contributed by atoms with Gasteiger partial charge in [0.05, 0.1) is 79.3 Å². The summed E-state index contributed by atoms with van der Waals surface area (Å²) in [5.41, 5.74) is 0. The predicted molar refractivity (Wildman–Crippen MR) is 392 cm³/mol. The molecule has 60 heteroatoms. The molecular weight excluding hydrogens is 1820 g/mol. The lowest BCUT2D eigenvalue weighted by molar-refractivity contribution is -0.405. The van der Waals surface area contributed by atoms with Gasteiger partial charge in [-0.3, -0.25) is 0 Å². The van der Waals surface area contributed by atoms with Crippen LogP contribution in [0.15, 0.2) is 0 Å². The van der Waals surface area contributed by atoms with E-state index in [-0.39, 0.29) is 0 Å². The van der Waals surface area contributed by atoms with Gasteiger partial charge in [0.25, 0.3) is 0 Å². The third-order valence-corrected chi connectivity index (χ3v) is 25.3. The molecule has 36 N–H and O–H groups in total. The van der Waals surface area contributed by atoms with Crippen LogP contribution in [-0.2, 0) is 114 Å². The summed E-state index contributed by atoms with van der Waals surface area (Å²) in [5, 5.41) is 405. The van der Waals surface area contributed by atoms with Gasteiger partial charge in [0.2, 0.25) is 0 Å². The number of aliphatic hydroxyl groups is 36. The maximum absolute atomic E-state index is 12.2. The fraction of sp³-hybridized carbons (Fsp3) is 1.00. The Kier molecular flexibility index (Phi) is 37.2. The van der Waals surface area contributed by atoms with E-state index in [1.54, 1.807) is 0 Å². The molecule has 40 aliphatic rings. The lowest BCUT2D eigenvalue weighted by Crippen LogP contribution is -2.69. The molecule has 40 aliphatic heterocycles. The molecule has 0 radical (unpaired) electrons. The topological polar surface area (TPSA) is 950 Å². The number of rotatable bonds is 16. The van der Waals surface area contributed by atoms with Crippen molar-refractivity contribution in [2.75, 3.05) is 79.3 Å². The van der Waals surface area contributed by atoms with Crippen LogP contribution in [0.1, 0.15) is 0 Å². The van der Waals surface area contributed by atoms with Gasteiger partial charge in [0, 0.05) is 0 Å². The van der Waals surface area contributed by atoms with E-state index in [2.05, 4.69) is 0 Å². The van der Waals surface area contributed by atoms with Gasteiger partial charge in [0.1, 0.15) is 293 Å². The summed E-state index contributed by atoms with van der Waals surface area (Å²) in [5.74, 6) is 0. The van der Waals surface area contributed by atoms with Crippen molar-refractivity contribution < 1.29 is 298 Å². The van der Waals surface area contributed by atoms with Crippen molar-refractivity contribution in [3.8, 4) is 0 Å². The first-order valence-corrected chi connectivity index (χ1v) is 42.2. The minimum atomic E-state index is -2.53. The smallest absolute Gasteiger partial charge is 0.187 e. The van der Waals surface area contributed by atoms with Crippen molar-refractivity contribution in [1.82, 2.24) is 0 Å². The van der Waals surface area contributed by atoms with E-state index in [9.17, 15) is 184 Å². The predicted octanol–water partition coefficient (Wildman–Crippen LogP) is -26.1. The number of aliphatic hydroxyl groups excluding tert-OH is 36. The first kappa shape index (κ1) is 107. The third-order valence-electron chi connectivity index (χ3n) is 25.3. The van der Waals surface area contributed by atoms with Crippen molar-refractivity contribution >= 4 is 0 Å². The van der Waals surface area contributed by atoms with Crippen LogP contribution in [0.25, 0.3) is 0 Å². The molecule has 40 heterocycles. The lowest BCUT2D eigenvalue weighted by atomic mass is 9.94. The highest BCUT2D eigenvalue weighted by atomic mass is 16.8. The second-order valence-corrected chi connectivity index (χ2v) is 33.7. The largest absolute Gasteiger partial charge is 0.394 e. The quantitative estimate of drug-likeness (QED) is 0.0682. The summed E-state index contributed by atoms with van der Waals surface area (Å²) in [6, 6.07) is 0. The lowest BCUT2D eigenvalue weighted by Gasteiger charge is -2.50. The summed E-state index contributed by atoms with van der Waals surface area (Å²) in [7, 11) is 0. The molecule has 0 aromatic carbocycles. The molecular formula is C72H120O60. The van der Waals surface area contributed by atoms with Crippen molar-refractivity contribution in [2.45, 2.75) is 368 Å². The van der Waals surface area contributed by atoms with E-state index < -0.39 is 448 Å². The van der Waals surface area contributed by atoms with Crippen LogP contribution in [0.3, 0.4) is 0 Å². The van der Waals surface area contributed by atoms with Crippen LogP contribution in [0.4, 0.5) is 0 Å². The van der Waals surface area contributed by atoms with Crippen LogP contribution in [-0.4, -0.2) is 632 Å². The zero-order valence-corrected chi connectivity index (χ0v) is 69.0. The summed E-state index contributed by atoms with van der Waals surface area (Å²) >= 11 is 0. The summed E-state index contributed by atoms with van der Waals surface area (Å²) in [4.78, 5) is 0. The van der Waals surface area contributed by atoms with Gasteiger partial charge >= 0.3 is 0 Å². The van der Waals surface area contributed by atoms with Gasteiger partial charge in [-0.05, 0) is 0 Å². The molecule has 40 fully saturated rings. The molecule has 0 aromatic heterocycles. The second kappa shape index (κ2) is 45.9. The Balaban J connectivity index is 0.760. The standard InChI is InChI=1S/C72H120O60/c73-1-13-25(84)26(85)38(97)62(110-13)122-50-14(2-74)111-61(39(98)27(50)86)109-12-24-60-37(96)49(108)72(121-24)131-59-23(11-83)119-70(47(106)35(59)94)129-57-21(9-81)117-68(45(104)33(57)92)127-55-19(7-79)115-66(43(102)31(55)90)125-53-17(5-77)113-64(41(100)29(53)88)123-51-15(3-75)112-63(40(99)28(51)87)124-52-16(4-76)114-65(42(101)30(52)89)126-54-18(6-78)116-67(44(103)32(54)91)128-56-20(8-80)118-69(46(105)34(56)93)130-58-22(10-82)120-71(132-60)48(107)36(58)95/h13-108H,1-12H2. The van der Waals surface area contributed by atoms with E-state index in [0.29, 0.717) is 0 Å². The molecule has 0 amide bonds. The third kappa shape index (κ3) is 21.5. The Bertz CT molecular complexity index is 3420. The fourth-order valence-corrected chi connectivity index (χ4v) is 17.7. The second-order valence-electron chi connectivity index (χ2n) is 33.7. The van der Waals surface area contributed by atoms with Gasteiger partial charge in [-0.25, -0.2) is 0 Å². The average molecular weight is 1950 g/mol. The van der Waals surface area contributed by atoms with E-state index >= 15 is 0 Å². The van der Waals surface area contributed by atoms with Crippen LogP contribution >= 0.6 is 0 Å². The molecule has 768 valence electrons. The van der Waals surface area contributed by atoms with E-state index in [1.807, 2.05) is 0 Å². The summed E-state index contributed by atoms with van der Waals surface area (Å²) in [6.45, 7) is -14.1. The number of ether oxygens (including phenoxy) is 24. The molecule has 132 heavy (non-hydrogen) atoms. The Morgan fingerprint density at radius 1 is 0.136 bits per heavy atom. The monoisotopic (exact) mass is 1940 g/mol. The molecule has 60 unspecified atom stereocenters. The highest BCUT2D eigenvalue weighted by Gasteiger charge is 2.64. The zero-order chi connectivity index (χ0) is 96.1. The summed E-state index contributed by atoms with van der Waals surface area (Å²) < 4.78 is 138. The minimum absolute atomic E-state index is 0.949. The summed E-state index contributed by atoms with van der Waals surface area (Å²) in [6.07, 6.45) is -131. The number of hydrogen-bond acceptors (Lipinski definition) is 60. The Morgan fingerprint density at radius 3 is 0.492 bits per heavy atom. The van der Waals surface area contributed by atoms with Gasteiger partial charge in [-0.1, -0.05) is 0 Å². The van der Waals surface area contributed by atoms with Crippen molar-refractivity contribution in [3.05, 3.63) is 0 Å². The zero-order valence-electron chi connectivity index (χ0n) is 69.0. The molecule has 0 spiro atoms. The Labute approximate surface area is 743 Å². The van der Waals surface area contributed by atoms with Gasteiger partial charge in [0.15, 0.2) is 75.5 Å². The van der Waals surface area contributed by atoms with Crippen molar-refractivity contribution in [3.63, 3.8) is 0 Å². The number of hydrogen-bond donors (Lipinski definition) is 36. The molecule has 40 rings (SSSR count). The maximum atomic E-state index is 12.2. The molecule has 60 atom stereocenters. The van der Waals surface area contributed by atoms with Crippen molar-refractivity contribution in [2.24, 2.45) is 0 Å². The average Bonchev–Trinajstić information content (AvgIpc) is 0.768. The maximum Gasteiger partial charge on any atom is 0.187 e. The van der Waals surface area contributed by atoms with Crippen LogP contribution in [0, 0.1) is 0 Å². The minimum Gasteiger partial charge on any atom is -0.394 e. The van der Waals surface area contributed by atoms with Gasteiger partial charge < -0.3 is 298 Å². The fourth-order valence-electron chi connectivity index (χ4n) is 17.7. The Hall–Kier alpha value is -2.40. The van der Waals surface area contributed by atoms with E-state index in [1.165, 1.54) is 0 Å². The van der Waals surface area contributed by atoms with Crippen LogP contribution < -0.4 is 0 Å². The molecule has 0 saturated carbocycles. The van der Waals surface area contributed by atoms with Gasteiger partial charge in [-0.15, -0.1) is 0 Å². The SMILES string of the molecule is OCC1OC(OC2C(CO)OC(OCC3OC4OC5C(CO)OC(OC6C(CO)OC(OC7C(CO)OC(OC8C(CO)OC(OC9C(CO)OC(OC%10C(CO)OC(OC%11C(CO)OC(OC%12C(CO)OC(OC%13C(CO)OC(OC3C(O)C4O)C(O)C%13O)C(O)C%12O)C(O)C%11O)C(O)C%10O)C(O)C9O)C(O)C8O)C(O)C7O)C(O)C6O)C(O)C5O)C(O)C2O)C(O)C(O)C1O. The van der Waals surface area contributed by atoms with Crippen LogP contribution in [0.2, 0.25) is 0 Å². The Morgan fingerprint density at radius 2 is 0.303 bits per heavy atom. The highest BCUT2D eigenvalue weighted by molar-refractivity contribution is 5.06. The first-order chi connectivity index (χ1) is 62.8. The van der Waals surface area contributed by atoms with E-state index in [0.717, 1.165) is 0 Å². The van der Waals surface area contributed by atoms with Gasteiger partial charge in [-0.2, -0.15) is 0 Å². The molecule has 0 aliphatic carbocycles.